The van der Waals surface area contributed by atoms with Gasteiger partial charge in [0.05, 0.1) is 13.2 Å². The molecule has 34 heavy (non-hydrogen) atoms. The minimum Gasteiger partial charge on any atom is -0.493 e. The highest BCUT2D eigenvalue weighted by Crippen LogP contribution is 2.44. The Morgan fingerprint density at radius 3 is 2.21 bits per heavy atom. The monoisotopic (exact) mass is 461 g/mol. The number of carbonyl (C=O) groups excluding carboxylic acids is 2. The number of hydrogen-bond acceptors (Lipinski definition) is 4. The van der Waals surface area contributed by atoms with Crippen LogP contribution in [0.15, 0.2) is 53.7 Å². The number of Topliss-reactive ketones (excluding diaryl/α,β-unsaturated/α-hetero) is 1. The Bertz CT molecular complexity index is 1120. The zero-order chi connectivity index (χ0) is 24.6. The summed E-state index contributed by atoms with van der Waals surface area (Å²) in [5, 5.41) is 3.01. The van der Waals surface area contributed by atoms with Crippen LogP contribution in [0.2, 0.25) is 0 Å². The van der Waals surface area contributed by atoms with Crippen LogP contribution in [0, 0.1) is 0 Å². The van der Waals surface area contributed by atoms with Crippen molar-refractivity contribution in [3.05, 3.63) is 70.4 Å². The van der Waals surface area contributed by atoms with Gasteiger partial charge in [0.25, 0.3) is 0 Å². The van der Waals surface area contributed by atoms with Gasteiger partial charge in [-0.05, 0) is 60.4 Å². The molecule has 1 amide bonds. The Hall–Kier alpha value is -3.08. The maximum Gasteiger partial charge on any atom is 0.225 e. The molecule has 0 saturated heterocycles. The Morgan fingerprint density at radius 2 is 1.59 bits per heavy atom. The lowest BCUT2D eigenvalue weighted by atomic mass is 9.73. The number of methoxy groups -OCH3 is 1. The summed E-state index contributed by atoms with van der Waals surface area (Å²) in [5.74, 6) is 1.11. The molecule has 0 aromatic heterocycles. The number of amides is 1. The minimum absolute atomic E-state index is 0.0174. The van der Waals surface area contributed by atoms with Gasteiger partial charge in [0, 0.05) is 30.0 Å². The van der Waals surface area contributed by atoms with Gasteiger partial charge in [-0.1, -0.05) is 51.1 Å². The van der Waals surface area contributed by atoms with Crippen molar-refractivity contribution < 1.29 is 19.1 Å². The molecule has 2 aromatic carbocycles. The first-order chi connectivity index (χ1) is 16.1. The SMILES string of the molecule is COc1cc(C2CC(=O)NC3=C2C(=O)CC(c2ccc(C(C)(C)C)cc2)C3)ccc1OC(C)C. The largest absolute Gasteiger partial charge is 0.493 e. The molecule has 180 valence electrons. The standard InChI is InChI=1S/C29H35NO4/c1-17(2)34-25-12-9-19(15-26(25)33-6)22-16-27(32)30-23-13-20(14-24(31)28(22)23)18-7-10-21(11-8-18)29(3,4)5/h7-12,15,17,20,22H,13-14,16H2,1-6H3,(H,30,32). The summed E-state index contributed by atoms with van der Waals surface area (Å²) in [6.07, 6.45) is 1.38. The maximum atomic E-state index is 13.4. The number of nitrogens with one attached hydrogen (secondary N) is 1. The van der Waals surface area contributed by atoms with Gasteiger partial charge in [0.2, 0.25) is 5.91 Å². The quantitative estimate of drug-likeness (QED) is 0.613. The van der Waals surface area contributed by atoms with Crippen LogP contribution in [-0.4, -0.2) is 24.9 Å². The number of hydrogen-bond donors (Lipinski definition) is 1. The fourth-order valence-electron chi connectivity index (χ4n) is 4.99. The highest BCUT2D eigenvalue weighted by Gasteiger charge is 2.38. The lowest BCUT2D eigenvalue weighted by molar-refractivity contribution is -0.122. The number of ketones is 1. The Balaban J connectivity index is 1.65. The summed E-state index contributed by atoms with van der Waals surface area (Å²) in [7, 11) is 1.60. The highest BCUT2D eigenvalue weighted by atomic mass is 16.5. The van der Waals surface area contributed by atoms with Crippen molar-refractivity contribution in [2.75, 3.05) is 7.11 Å². The van der Waals surface area contributed by atoms with Crippen molar-refractivity contribution in [3.63, 3.8) is 0 Å². The van der Waals surface area contributed by atoms with Crippen LogP contribution in [0.25, 0.3) is 0 Å². The van der Waals surface area contributed by atoms with E-state index in [0.29, 0.717) is 24.3 Å². The summed E-state index contributed by atoms with van der Waals surface area (Å²) in [5.41, 5.74) is 4.89. The van der Waals surface area contributed by atoms with Crippen molar-refractivity contribution in [1.82, 2.24) is 5.32 Å². The van der Waals surface area contributed by atoms with Gasteiger partial charge in [-0.3, -0.25) is 9.59 Å². The number of ether oxygens (including phenoxy) is 2. The molecule has 5 heteroatoms. The van der Waals surface area contributed by atoms with Crippen molar-refractivity contribution in [2.45, 2.75) is 77.2 Å². The topological polar surface area (TPSA) is 64.6 Å². The van der Waals surface area contributed by atoms with Crippen molar-refractivity contribution in [1.29, 1.82) is 0 Å². The summed E-state index contributed by atoms with van der Waals surface area (Å²) in [6.45, 7) is 10.5. The third kappa shape index (κ3) is 4.89. The number of benzene rings is 2. The Labute approximate surface area is 202 Å². The molecule has 0 bridgehead atoms. The van der Waals surface area contributed by atoms with E-state index in [2.05, 4.69) is 50.4 Å². The third-order valence-electron chi connectivity index (χ3n) is 6.74. The van der Waals surface area contributed by atoms with E-state index in [0.717, 1.165) is 22.4 Å². The molecule has 2 unspecified atom stereocenters. The van der Waals surface area contributed by atoms with Gasteiger partial charge in [0.15, 0.2) is 17.3 Å². The summed E-state index contributed by atoms with van der Waals surface area (Å²) >= 11 is 0. The molecule has 1 aliphatic heterocycles. The molecular formula is C29H35NO4. The second kappa shape index (κ2) is 9.28. The number of carbonyl (C=O) groups is 2. The van der Waals surface area contributed by atoms with Crippen molar-refractivity contribution in [2.24, 2.45) is 0 Å². The van der Waals surface area contributed by atoms with E-state index in [1.165, 1.54) is 5.56 Å². The van der Waals surface area contributed by atoms with Crippen LogP contribution in [0.3, 0.4) is 0 Å². The second-order valence-electron chi connectivity index (χ2n) is 10.7. The smallest absolute Gasteiger partial charge is 0.225 e. The summed E-state index contributed by atoms with van der Waals surface area (Å²) < 4.78 is 11.4. The van der Waals surface area contributed by atoms with Crippen LogP contribution in [0.4, 0.5) is 0 Å². The zero-order valence-electron chi connectivity index (χ0n) is 21.0. The van der Waals surface area contributed by atoms with Gasteiger partial charge in [-0.2, -0.15) is 0 Å². The van der Waals surface area contributed by atoms with E-state index in [1.54, 1.807) is 7.11 Å². The minimum atomic E-state index is -0.275. The van der Waals surface area contributed by atoms with Crippen LogP contribution in [-0.2, 0) is 15.0 Å². The fraction of sp³-hybridized carbons (Fsp3) is 0.448. The van der Waals surface area contributed by atoms with Gasteiger partial charge in [-0.15, -0.1) is 0 Å². The normalized spacial score (nSPS) is 20.8. The first kappa shape index (κ1) is 24.1. The molecule has 2 aliphatic rings. The van der Waals surface area contributed by atoms with Crippen molar-refractivity contribution >= 4 is 11.7 Å². The molecule has 0 saturated carbocycles. The number of allylic oxidation sites excluding steroid dienone is 2. The van der Waals surface area contributed by atoms with Crippen LogP contribution in [0.5, 0.6) is 11.5 Å². The first-order valence-corrected chi connectivity index (χ1v) is 12.1. The maximum absolute atomic E-state index is 13.4. The number of rotatable bonds is 5. The summed E-state index contributed by atoms with van der Waals surface area (Å²) in [6, 6.07) is 14.3. The average Bonchev–Trinajstić information content (AvgIpc) is 2.77. The molecule has 5 nitrogen and oxygen atoms in total. The molecule has 4 rings (SSSR count). The van der Waals surface area contributed by atoms with Gasteiger partial charge in [0.1, 0.15) is 0 Å². The third-order valence-corrected chi connectivity index (χ3v) is 6.74. The van der Waals surface area contributed by atoms with Crippen molar-refractivity contribution in [3.8, 4) is 11.5 Å². The molecule has 1 N–H and O–H groups in total. The molecule has 0 fully saturated rings. The predicted molar refractivity (Wildman–Crippen MR) is 133 cm³/mol. The van der Waals surface area contributed by atoms with E-state index in [-0.39, 0.29) is 41.5 Å². The van der Waals surface area contributed by atoms with Gasteiger partial charge < -0.3 is 14.8 Å². The Morgan fingerprint density at radius 1 is 0.912 bits per heavy atom. The predicted octanol–water partition coefficient (Wildman–Crippen LogP) is 5.78. The second-order valence-corrected chi connectivity index (χ2v) is 10.7. The van der Waals surface area contributed by atoms with E-state index >= 15 is 0 Å². The summed E-state index contributed by atoms with van der Waals surface area (Å²) in [4.78, 5) is 26.1. The van der Waals surface area contributed by atoms with E-state index < -0.39 is 0 Å². The lowest BCUT2D eigenvalue weighted by Crippen LogP contribution is -2.38. The fourth-order valence-corrected chi connectivity index (χ4v) is 4.99. The van der Waals surface area contributed by atoms with E-state index in [4.69, 9.17) is 9.47 Å². The highest BCUT2D eigenvalue weighted by molar-refractivity contribution is 6.02. The molecule has 0 spiro atoms. The van der Waals surface area contributed by atoms with Gasteiger partial charge in [-0.25, -0.2) is 0 Å². The average molecular weight is 462 g/mol. The van der Waals surface area contributed by atoms with Crippen LogP contribution < -0.4 is 14.8 Å². The molecule has 2 aromatic rings. The molecule has 2 atom stereocenters. The molecular weight excluding hydrogens is 426 g/mol. The van der Waals surface area contributed by atoms with E-state index in [1.807, 2.05) is 32.0 Å². The van der Waals surface area contributed by atoms with E-state index in [9.17, 15) is 9.59 Å². The first-order valence-electron chi connectivity index (χ1n) is 12.1. The van der Waals surface area contributed by atoms with Gasteiger partial charge >= 0.3 is 0 Å². The van der Waals surface area contributed by atoms with Crippen LogP contribution >= 0.6 is 0 Å². The molecule has 0 radical (unpaired) electrons. The lowest BCUT2D eigenvalue weighted by Gasteiger charge is -2.34. The zero-order valence-corrected chi connectivity index (χ0v) is 21.0. The molecule has 1 heterocycles. The Kier molecular flexibility index (Phi) is 6.57. The van der Waals surface area contributed by atoms with Crippen LogP contribution in [0.1, 0.15) is 82.4 Å². The molecule has 1 aliphatic carbocycles.